The fourth-order valence-electron chi connectivity index (χ4n) is 1.80. The highest BCUT2D eigenvalue weighted by Gasteiger charge is 2.04. The van der Waals surface area contributed by atoms with Gasteiger partial charge >= 0.3 is 12.0 Å². The van der Waals surface area contributed by atoms with Gasteiger partial charge in [0, 0.05) is 12.2 Å². The zero-order valence-corrected chi connectivity index (χ0v) is 12.0. The van der Waals surface area contributed by atoms with E-state index in [2.05, 4.69) is 10.6 Å². The number of ether oxygens (including phenoxy) is 1. The molecule has 0 radical (unpaired) electrons. The van der Waals surface area contributed by atoms with Crippen molar-refractivity contribution in [2.45, 2.75) is 6.54 Å². The summed E-state index contributed by atoms with van der Waals surface area (Å²) in [6.45, 7) is 0.378. The first-order valence-corrected chi connectivity index (χ1v) is 6.59. The molecule has 0 unspecified atom stereocenters. The van der Waals surface area contributed by atoms with Crippen molar-refractivity contribution in [1.29, 1.82) is 0 Å². The number of urea groups is 1. The van der Waals surface area contributed by atoms with E-state index in [0.717, 1.165) is 11.3 Å². The molecule has 6 heteroatoms. The Bertz CT molecular complexity index is 651. The zero-order chi connectivity index (χ0) is 15.9. The molecule has 2 amide bonds. The number of carboxylic acid groups (broad SMARTS) is 1. The smallest absolute Gasteiger partial charge is 0.335 e. The van der Waals surface area contributed by atoms with Crippen molar-refractivity contribution >= 4 is 17.7 Å². The monoisotopic (exact) mass is 300 g/mol. The van der Waals surface area contributed by atoms with Crippen LogP contribution in [-0.2, 0) is 6.54 Å². The SMILES string of the molecule is COc1ccc(CNC(=O)Nc2ccc(C(=O)O)cc2)cc1. The van der Waals surface area contributed by atoms with Crippen molar-refractivity contribution in [2.24, 2.45) is 0 Å². The number of benzene rings is 2. The van der Waals surface area contributed by atoms with E-state index >= 15 is 0 Å². The number of carbonyl (C=O) groups excluding carboxylic acids is 1. The van der Waals surface area contributed by atoms with Crippen molar-refractivity contribution in [3.05, 3.63) is 59.7 Å². The first kappa shape index (κ1) is 15.4. The van der Waals surface area contributed by atoms with E-state index in [0.29, 0.717) is 12.2 Å². The van der Waals surface area contributed by atoms with Crippen LogP contribution in [0.2, 0.25) is 0 Å². The maximum Gasteiger partial charge on any atom is 0.335 e. The van der Waals surface area contributed by atoms with Gasteiger partial charge in [0.2, 0.25) is 0 Å². The Morgan fingerprint density at radius 3 is 2.23 bits per heavy atom. The van der Waals surface area contributed by atoms with Crippen LogP contribution in [0.1, 0.15) is 15.9 Å². The third-order valence-corrected chi connectivity index (χ3v) is 3.00. The highest BCUT2D eigenvalue weighted by Crippen LogP contribution is 2.12. The summed E-state index contributed by atoms with van der Waals surface area (Å²) in [6, 6.07) is 12.9. The topological polar surface area (TPSA) is 87.7 Å². The molecule has 2 rings (SSSR count). The molecule has 0 aromatic heterocycles. The number of carbonyl (C=O) groups is 2. The fraction of sp³-hybridized carbons (Fsp3) is 0.125. The van der Waals surface area contributed by atoms with Crippen molar-refractivity contribution in [2.75, 3.05) is 12.4 Å². The van der Waals surface area contributed by atoms with Crippen LogP contribution in [0.15, 0.2) is 48.5 Å². The minimum atomic E-state index is -1.00. The summed E-state index contributed by atoms with van der Waals surface area (Å²) in [6.07, 6.45) is 0. The van der Waals surface area contributed by atoms with Gasteiger partial charge in [-0.15, -0.1) is 0 Å². The Morgan fingerprint density at radius 1 is 1.05 bits per heavy atom. The van der Waals surface area contributed by atoms with Gasteiger partial charge in [-0.05, 0) is 42.0 Å². The van der Waals surface area contributed by atoms with Crippen LogP contribution in [0.25, 0.3) is 0 Å². The average Bonchev–Trinajstić information content (AvgIpc) is 2.54. The Morgan fingerprint density at radius 2 is 1.68 bits per heavy atom. The maximum absolute atomic E-state index is 11.8. The zero-order valence-electron chi connectivity index (χ0n) is 12.0. The van der Waals surface area contributed by atoms with Crippen LogP contribution in [0.3, 0.4) is 0 Å². The molecule has 0 aliphatic heterocycles. The van der Waals surface area contributed by atoms with Crippen molar-refractivity contribution < 1.29 is 19.4 Å². The van der Waals surface area contributed by atoms with Gasteiger partial charge in [0.15, 0.2) is 0 Å². The van der Waals surface area contributed by atoms with Gasteiger partial charge in [0.25, 0.3) is 0 Å². The van der Waals surface area contributed by atoms with Crippen LogP contribution in [0.4, 0.5) is 10.5 Å². The van der Waals surface area contributed by atoms with E-state index in [1.807, 2.05) is 24.3 Å². The Kier molecular flexibility index (Phi) is 4.98. The quantitative estimate of drug-likeness (QED) is 0.792. The number of hydrogen-bond donors (Lipinski definition) is 3. The number of amides is 2. The first-order valence-electron chi connectivity index (χ1n) is 6.59. The molecule has 6 nitrogen and oxygen atoms in total. The fourth-order valence-corrected chi connectivity index (χ4v) is 1.80. The third kappa shape index (κ3) is 4.24. The van der Waals surface area contributed by atoms with E-state index < -0.39 is 5.97 Å². The normalized spacial score (nSPS) is 9.86. The molecule has 0 aliphatic carbocycles. The van der Waals surface area contributed by atoms with E-state index in [1.165, 1.54) is 24.3 Å². The van der Waals surface area contributed by atoms with Crippen molar-refractivity contribution in [3.63, 3.8) is 0 Å². The summed E-state index contributed by atoms with van der Waals surface area (Å²) in [4.78, 5) is 22.5. The van der Waals surface area contributed by atoms with Gasteiger partial charge < -0.3 is 20.5 Å². The largest absolute Gasteiger partial charge is 0.497 e. The number of methoxy groups -OCH3 is 1. The molecule has 2 aromatic carbocycles. The van der Waals surface area contributed by atoms with E-state index in [4.69, 9.17) is 9.84 Å². The lowest BCUT2D eigenvalue weighted by atomic mass is 10.2. The minimum Gasteiger partial charge on any atom is -0.497 e. The maximum atomic E-state index is 11.8. The molecule has 0 saturated carbocycles. The molecule has 0 spiro atoms. The van der Waals surface area contributed by atoms with Crippen LogP contribution in [0.5, 0.6) is 5.75 Å². The molecule has 22 heavy (non-hydrogen) atoms. The highest BCUT2D eigenvalue weighted by atomic mass is 16.5. The molecular formula is C16H16N2O4. The van der Waals surface area contributed by atoms with Crippen molar-refractivity contribution in [3.8, 4) is 5.75 Å². The molecule has 0 bridgehead atoms. The van der Waals surface area contributed by atoms with E-state index in [9.17, 15) is 9.59 Å². The van der Waals surface area contributed by atoms with Gasteiger partial charge in [-0.25, -0.2) is 9.59 Å². The Balaban J connectivity index is 1.85. The Hall–Kier alpha value is -3.02. The standard InChI is InChI=1S/C16H16N2O4/c1-22-14-8-2-11(3-9-14)10-17-16(21)18-13-6-4-12(5-7-13)15(19)20/h2-9H,10H2,1H3,(H,19,20)(H2,17,18,21). The highest BCUT2D eigenvalue weighted by molar-refractivity contribution is 5.91. The molecule has 114 valence electrons. The third-order valence-electron chi connectivity index (χ3n) is 3.00. The summed E-state index contributed by atoms with van der Waals surface area (Å²) in [5.74, 6) is -0.248. The van der Waals surface area contributed by atoms with Gasteiger partial charge in [0.1, 0.15) is 5.75 Å². The molecular weight excluding hydrogens is 284 g/mol. The van der Waals surface area contributed by atoms with E-state index in [1.54, 1.807) is 7.11 Å². The lowest BCUT2D eigenvalue weighted by Crippen LogP contribution is -2.28. The summed E-state index contributed by atoms with van der Waals surface area (Å²) >= 11 is 0. The van der Waals surface area contributed by atoms with Gasteiger partial charge in [-0.3, -0.25) is 0 Å². The second-order valence-corrected chi connectivity index (χ2v) is 4.54. The summed E-state index contributed by atoms with van der Waals surface area (Å²) in [7, 11) is 1.59. The lowest BCUT2D eigenvalue weighted by molar-refractivity contribution is 0.0697. The molecule has 0 atom stereocenters. The predicted molar refractivity (Wildman–Crippen MR) is 82.3 cm³/mol. The molecule has 0 heterocycles. The average molecular weight is 300 g/mol. The molecule has 0 aliphatic rings. The van der Waals surface area contributed by atoms with Crippen LogP contribution in [-0.4, -0.2) is 24.2 Å². The van der Waals surface area contributed by atoms with Gasteiger partial charge in [-0.1, -0.05) is 12.1 Å². The first-order chi connectivity index (χ1) is 10.6. The summed E-state index contributed by atoms with van der Waals surface area (Å²) in [5, 5.41) is 14.1. The van der Waals surface area contributed by atoms with Crippen LogP contribution >= 0.6 is 0 Å². The van der Waals surface area contributed by atoms with Crippen LogP contribution < -0.4 is 15.4 Å². The van der Waals surface area contributed by atoms with Crippen molar-refractivity contribution in [1.82, 2.24) is 5.32 Å². The number of hydrogen-bond acceptors (Lipinski definition) is 3. The molecule has 0 saturated heterocycles. The number of carboxylic acids is 1. The molecule has 2 aromatic rings. The van der Waals surface area contributed by atoms with Crippen LogP contribution in [0, 0.1) is 0 Å². The second kappa shape index (κ2) is 7.12. The number of nitrogens with one attached hydrogen (secondary N) is 2. The summed E-state index contributed by atoms with van der Waals surface area (Å²) in [5.41, 5.74) is 1.64. The molecule has 0 fully saturated rings. The second-order valence-electron chi connectivity index (χ2n) is 4.54. The Labute approximate surface area is 127 Å². The number of anilines is 1. The molecule has 3 N–H and O–H groups in total. The number of aromatic carboxylic acids is 1. The van der Waals surface area contributed by atoms with E-state index in [-0.39, 0.29) is 11.6 Å². The lowest BCUT2D eigenvalue weighted by Gasteiger charge is -2.08. The predicted octanol–water partition coefficient (Wildman–Crippen LogP) is 2.72. The van der Waals surface area contributed by atoms with Gasteiger partial charge in [-0.2, -0.15) is 0 Å². The van der Waals surface area contributed by atoms with Gasteiger partial charge in [0.05, 0.1) is 12.7 Å². The number of rotatable bonds is 5. The summed E-state index contributed by atoms with van der Waals surface area (Å²) < 4.78 is 5.06. The minimum absolute atomic E-state index is 0.171.